The molecular weight excluding hydrogens is 284 g/mol. The van der Waals surface area contributed by atoms with Crippen LogP contribution in [-0.2, 0) is 5.75 Å². The van der Waals surface area contributed by atoms with Crippen molar-refractivity contribution in [3.8, 4) is 17.2 Å². The van der Waals surface area contributed by atoms with Gasteiger partial charge in [0.15, 0.2) is 5.82 Å². The van der Waals surface area contributed by atoms with Crippen LogP contribution in [0, 0.1) is 6.92 Å². The zero-order chi connectivity index (χ0) is 14.7. The molecular formula is C16H14N2O2S. The number of aryl methyl sites for hydroxylation is 1. The summed E-state index contributed by atoms with van der Waals surface area (Å²) in [5.41, 5.74) is 1.75. The van der Waals surface area contributed by atoms with Gasteiger partial charge in [0.25, 0.3) is 5.89 Å². The largest absolute Gasteiger partial charge is 0.508 e. The molecule has 4 nitrogen and oxygen atoms in total. The molecule has 0 fully saturated rings. The van der Waals surface area contributed by atoms with Gasteiger partial charge in [0, 0.05) is 10.5 Å². The first-order valence-electron chi connectivity index (χ1n) is 6.53. The molecule has 0 aliphatic carbocycles. The predicted octanol–water partition coefficient (Wildman–Crippen LogP) is 4.04. The van der Waals surface area contributed by atoms with Crippen molar-refractivity contribution in [2.75, 3.05) is 0 Å². The lowest BCUT2D eigenvalue weighted by molar-refractivity contribution is 0.424. The number of phenols is 1. The van der Waals surface area contributed by atoms with Crippen LogP contribution in [0.25, 0.3) is 11.5 Å². The fourth-order valence-electron chi connectivity index (χ4n) is 1.97. The quantitative estimate of drug-likeness (QED) is 0.736. The standard InChI is InChI=1S/C16H14N2O2S/c1-11-9-12(19)7-8-14(11)16-17-15(18-20-16)10-21-13-5-3-2-4-6-13/h2-9,19H,10H2,1H3. The molecule has 0 unspecified atom stereocenters. The van der Waals surface area contributed by atoms with Gasteiger partial charge in [-0.3, -0.25) is 0 Å². The number of nitrogens with zero attached hydrogens (tertiary/aromatic N) is 2. The third-order valence-corrected chi connectivity index (χ3v) is 4.03. The lowest BCUT2D eigenvalue weighted by atomic mass is 10.1. The molecule has 3 rings (SSSR count). The highest BCUT2D eigenvalue weighted by molar-refractivity contribution is 7.98. The molecule has 0 bridgehead atoms. The van der Waals surface area contributed by atoms with Crippen molar-refractivity contribution < 1.29 is 9.63 Å². The first-order chi connectivity index (χ1) is 10.2. The van der Waals surface area contributed by atoms with E-state index in [0.717, 1.165) is 11.1 Å². The van der Waals surface area contributed by atoms with Crippen molar-refractivity contribution in [3.63, 3.8) is 0 Å². The lowest BCUT2D eigenvalue weighted by Gasteiger charge is -2.00. The molecule has 0 saturated heterocycles. The Morgan fingerprint density at radius 3 is 2.71 bits per heavy atom. The molecule has 0 aliphatic rings. The van der Waals surface area contributed by atoms with E-state index in [4.69, 9.17) is 4.52 Å². The number of hydrogen-bond donors (Lipinski definition) is 1. The van der Waals surface area contributed by atoms with Crippen molar-refractivity contribution >= 4 is 11.8 Å². The van der Waals surface area contributed by atoms with E-state index in [2.05, 4.69) is 22.3 Å². The van der Waals surface area contributed by atoms with Gasteiger partial charge in [0.1, 0.15) is 5.75 Å². The molecule has 3 aromatic rings. The van der Waals surface area contributed by atoms with E-state index in [1.807, 2.05) is 25.1 Å². The van der Waals surface area contributed by atoms with Gasteiger partial charge in [-0.25, -0.2) is 0 Å². The minimum atomic E-state index is 0.232. The number of rotatable bonds is 4. The zero-order valence-corrected chi connectivity index (χ0v) is 12.3. The highest BCUT2D eigenvalue weighted by atomic mass is 32.2. The maximum atomic E-state index is 9.43. The molecule has 0 amide bonds. The monoisotopic (exact) mass is 298 g/mol. The number of phenolic OH excluding ortho intramolecular Hbond substituents is 1. The van der Waals surface area contributed by atoms with E-state index in [-0.39, 0.29) is 5.75 Å². The van der Waals surface area contributed by atoms with Gasteiger partial charge < -0.3 is 9.63 Å². The van der Waals surface area contributed by atoms with Crippen LogP contribution in [0.3, 0.4) is 0 Å². The van der Waals surface area contributed by atoms with Gasteiger partial charge in [-0.2, -0.15) is 4.98 Å². The van der Waals surface area contributed by atoms with E-state index in [9.17, 15) is 5.11 Å². The number of hydrogen-bond acceptors (Lipinski definition) is 5. The normalized spacial score (nSPS) is 10.7. The summed E-state index contributed by atoms with van der Waals surface area (Å²) in [4.78, 5) is 5.58. The first-order valence-corrected chi connectivity index (χ1v) is 7.51. The van der Waals surface area contributed by atoms with Crippen molar-refractivity contribution in [2.24, 2.45) is 0 Å². The summed E-state index contributed by atoms with van der Waals surface area (Å²) in [5.74, 6) is 2.03. The van der Waals surface area contributed by atoms with Gasteiger partial charge in [-0.05, 0) is 42.8 Å². The molecule has 0 spiro atoms. The molecule has 1 N–H and O–H groups in total. The molecule has 2 aromatic carbocycles. The lowest BCUT2D eigenvalue weighted by Crippen LogP contribution is -1.86. The fourth-order valence-corrected chi connectivity index (χ4v) is 2.74. The van der Waals surface area contributed by atoms with Crippen LogP contribution in [-0.4, -0.2) is 15.2 Å². The van der Waals surface area contributed by atoms with E-state index in [0.29, 0.717) is 17.5 Å². The van der Waals surface area contributed by atoms with Crippen LogP contribution < -0.4 is 0 Å². The SMILES string of the molecule is Cc1cc(O)ccc1-c1nc(CSc2ccccc2)no1. The van der Waals surface area contributed by atoms with Crippen LogP contribution in [0.2, 0.25) is 0 Å². The molecule has 0 aliphatic heterocycles. The van der Waals surface area contributed by atoms with E-state index < -0.39 is 0 Å². The fraction of sp³-hybridized carbons (Fsp3) is 0.125. The average Bonchev–Trinajstić information content (AvgIpc) is 2.95. The summed E-state index contributed by atoms with van der Waals surface area (Å²) in [7, 11) is 0. The molecule has 0 atom stereocenters. The van der Waals surface area contributed by atoms with Crippen molar-refractivity contribution in [1.82, 2.24) is 10.1 Å². The summed E-state index contributed by atoms with van der Waals surface area (Å²) in [6, 6.07) is 15.2. The molecule has 1 aromatic heterocycles. The highest BCUT2D eigenvalue weighted by Crippen LogP contribution is 2.26. The van der Waals surface area contributed by atoms with Gasteiger partial charge >= 0.3 is 0 Å². The summed E-state index contributed by atoms with van der Waals surface area (Å²) in [5, 5.41) is 13.4. The second-order valence-corrected chi connectivity index (χ2v) is 5.67. The Kier molecular flexibility index (Phi) is 3.92. The smallest absolute Gasteiger partial charge is 0.258 e. The Balaban J connectivity index is 1.74. The minimum Gasteiger partial charge on any atom is -0.508 e. The number of benzene rings is 2. The molecule has 5 heteroatoms. The summed E-state index contributed by atoms with van der Waals surface area (Å²) in [6.45, 7) is 1.90. The third-order valence-electron chi connectivity index (χ3n) is 3.02. The molecule has 0 saturated carbocycles. The number of aromatic hydroxyl groups is 1. The Labute approximate surface area is 126 Å². The summed E-state index contributed by atoms with van der Waals surface area (Å²) < 4.78 is 5.30. The van der Waals surface area contributed by atoms with Crippen molar-refractivity contribution in [1.29, 1.82) is 0 Å². The molecule has 0 radical (unpaired) electrons. The Morgan fingerprint density at radius 1 is 1.14 bits per heavy atom. The van der Waals surface area contributed by atoms with Crippen molar-refractivity contribution in [3.05, 3.63) is 59.9 Å². The van der Waals surface area contributed by atoms with E-state index in [1.54, 1.807) is 30.0 Å². The zero-order valence-electron chi connectivity index (χ0n) is 11.5. The van der Waals surface area contributed by atoms with E-state index >= 15 is 0 Å². The predicted molar refractivity (Wildman–Crippen MR) is 82.1 cm³/mol. The maximum Gasteiger partial charge on any atom is 0.258 e. The van der Waals surface area contributed by atoms with Crippen LogP contribution in [0.5, 0.6) is 5.75 Å². The van der Waals surface area contributed by atoms with Gasteiger partial charge in [0.2, 0.25) is 0 Å². The molecule has 1 heterocycles. The highest BCUT2D eigenvalue weighted by Gasteiger charge is 2.11. The Bertz CT molecular complexity index is 741. The van der Waals surface area contributed by atoms with Gasteiger partial charge in [0.05, 0.1) is 5.75 Å². The van der Waals surface area contributed by atoms with Crippen LogP contribution in [0.1, 0.15) is 11.4 Å². The average molecular weight is 298 g/mol. The second kappa shape index (κ2) is 6.01. The maximum absolute atomic E-state index is 9.43. The second-order valence-electron chi connectivity index (χ2n) is 4.62. The third kappa shape index (κ3) is 3.25. The number of thioether (sulfide) groups is 1. The van der Waals surface area contributed by atoms with Crippen LogP contribution in [0.15, 0.2) is 57.9 Å². The molecule has 21 heavy (non-hydrogen) atoms. The van der Waals surface area contributed by atoms with Gasteiger partial charge in [-0.15, -0.1) is 11.8 Å². The van der Waals surface area contributed by atoms with Crippen LogP contribution in [0.4, 0.5) is 0 Å². The topological polar surface area (TPSA) is 59.2 Å². The van der Waals surface area contributed by atoms with E-state index in [1.165, 1.54) is 4.90 Å². The van der Waals surface area contributed by atoms with Crippen molar-refractivity contribution in [2.45, 2.75) is 17.6 Å². The number of aromatic nitrogens is 2. The summed E-state index contributed by atoms with van der Waals surface area (Å²) >= 11 is 1.66. The van der Waals surface area contributed by atoms with Crippen LogP contribution >= 0.6 is 11.8 Å². The Hall–Kier alpha value is -2.27. The molecule has 106 valence electrons. The first kappa shape index (κ1) is 13.7. The summed E-state index contributed by atoms with van der Waals surface area (Å²) in [6.07, 6.45) is 0. The Morgan fingerprint density at radius 2 is 1.95 bits per heavy atom. The minimum absolute atomic E-state index is 0.232. The van der Waals surface area contributed by atoms with Gasteiger partial charge in [-0.1, -0.05) is 23.4 Å².